The van der Waals surface area contributed by atoms with E-state index in [4.69, 9.17) is 4.74 Å². The Morgan fingerprint density at radius 1 is 1.10 bits per heavy atom. The third kappa shape index (κ3) is 12.1. The number of carbonyl (C=O) groups is 5. The van der Waals surface area contributed by atoms with Gasteiger partial charge in [-0.15, -0.1) is 0 Å². The van der Waals surface area contributed by atoms with Crippen molar-refractivity contribution in [3.05, 3.63) is 59.8 Å². The molecule has 0 radical (unpaired) electrons. The summed E-state index contributed by atoms with van der Waals surface area (Å²) < 4.78 is 5.91. The van der Waals surface area contributed by atoms with Crippen LogP contribution in [0.1, 0.15) is 79.3 Å². The van der Waals surface area contributed by atoms with Crippen molar-refractivity contribution in [2.45, 2.75) is 117 Å². The van der Waals surface area contributed by atoms with Crippen LogP contribution in [0.5, 0.6) is 5.88 Å². The predicted octanol–water partition coefficient (Wildman–Crippen LogP) is 2.19. The second kappa shape index (κ2) is 20.0. The number of cyclic esters (lactones) is 1. The van der Waals surface area contributed by atoms with Gasteiger partial charge in [-0.25, -0.2) is 10.4 Å². The minimum Gasteiger partial charge on any atom is -0.493 e. The number of hydrazine groups is 1. The van der Waals surface area contributed by atoms with Crippen LogP contribution < -0.4 is 16.1 Å². The van der Waals surface area contributed by atoms with Gasteiger partial charge in [-0.2, -0.15) is 0 Å². The van der Waals surface area contributed by atoms with Crippen LogP contribution in [-0.4, -0.2) is 97.8 Å². The van der Waals surface area contributed by atoms with Crippen molar-refractivity contribution in [2.75, 3.05) is 6.54 Å². The quantitative estimate of drug-likeness (QED) is 0.177. The number of aliphatic hydroxyl groups excluding tert-OH is 2. The van der Waals surface area contributed by atoms with Gasteiger partial charge in [0, 0.05) is 43.5 Å². The lowest BCUT2D eigenvalue weighted by atomic mass is 9.84. The summed E-state index contributed by atoms with van der Waals surface area (Å²) in [5.74, 6) is -5.42. The molecule has 3 amide bonds. The number of ether oxygens (including phenoxy) is 1. The normalized spacial score (nSPS) is 30.3. The summed E-state index contributed by atoms with van der Waals surface area (Å²) in [5.41, 5.74) is 4.10. The molecule has 14 heteroatoms. The maximum Gasteiger partial charge on any atom is 0.325 e. The van der Waals surface area contributed by atoms with Gasteiger partial charge < -0.3 is 35.5 Å². The number of hydrogen-bond donors (Lipinski definition) is 6. The Kier molecular flexibility index (Phi) is 16.2. The van der Waals surface area contributed by atoms with Crippen molar-refractivity contribution in [3.63, 3.8) is 0 Å². The first-order valence-electron chi connectivity index (χ1n) is 18.0. The van der Waals surface area contributed by atoms with Crippen molar-refractivity contribution in [3.8, 4) is 5.88 Å². The molecule has 3 heterocycles. The number of esters is 1. The van der Waals surface area contributed by atoms with Gasteiger partial charge in [0.05, 0.1) is 18.1 Å². The van der Waals surface area contributed by atoms with E-state index in [-0.39, 0.29) is 37.5 Å². The van der Waals surface area contributed by atoms with Crippen LogP contribution in [0.15, 0.2) is 54.2 Å². The number of aliphatic hydroxyl groups is 2. The SMILES string of the molecule is C/C=C(\C)[C@@H]1C/C=C/C=C/[C@H](O)[C@H](C)[C@@H](O)[C@@H](CCC(C)=O)C(=O)N[C@@H](C(C)C)C(=O)N[C@@H](Cc2cccc(O)n2)C(=O)N2CCCC(N2)C(=O)O1. The molecule has 0 saturated carbocycles. The number of amides is 3. The lowest BCUT2D eigenvalue weighted by Gasteiger charge is -2.36. The summed E-state index contributed by atoms with van der Waals surface area (Å²) in [6.07, 6.45) is 6.27. The van der Waals surface area contributed by atoms with E-state index in [1.807, 2.05) is 19.9 Å². The summed E-state index contributed by atoms with van der Waals surface area (Å²) in [4.78, 5) is 71.3. The molecule has 6 N–H and O–H groups in total. The number of rotatable bonds is 7. The van der Waals surface area contributed by atoms with Crippen LogP contribution in [0.4, 0.5) is 0 Å². The van der Waals surface area contributed by atoms with Crippen LogP contribution in [0, 0.1) is 17.8 Å². The standard InChI is InChI=1S/C38H55N5O9/c1-7-23(4)31-16-10-8-9-15-30(45)25(6)34(47)27(19-18-24(5)44)35(48)41-33(22(2)3)36(49)40-29(21-26-13-11-17-32(46)39-26)37(50)43-20-12-14-28(42-43)38(51)52-31/h7-11,13,15,17,22,25,27-31,33-34,42,45,47H,12,14,16,18-21H2,1-6H3,(H,39,46)(H,40,49)(H,41,48)/b10-8+,15-9+,23-7+/t25-,27+,28?,29-,30-,31-,33-,34+/m0/s1. The predicted molar refractivity (Wildman–Crippen MR) is 193 cm³/mol. The van der Waals surface area contributed by atoms with Crippen molar-refractivity contribution in [1.29, 1.82) is 0 Å². The number of ketones is 1. The number of allylic oxidation sites excluding steroid dienone is 3. The molecule has 2 bridgehead atoms. The van der Waals surface area contributed by atoms with Gasteiger partial charge in [-0.05, 0) is 57.6 Å². The zero-order valence-corrected chi connectivity index (χ0v) is 31.0. The molecule has 1 aromatic heterocycles. The molecule has 286 valence electrons. The Labute approximate surface area is 305 Å². The molecule has 1 aromatic rings. The first kappa shape index (κ1) is 42.0. The van der Waals surface area contributed by atoms with E-state index in [0.29, 0.717) is 25.0 Å². The van der Waals surface area contributed by atoms with E-state index >= 15 is 0 Å². The highest BCUT2D eigenvalue weighted by Crippen LogP contribution is 2.24. The fraction of sp³-hybridized carbons (Fsp3) is 0.579. The summed E-state index contributed by atoms with van der Waals surface area (Å²) in [7, 11) is 0. The molecule has 2 aliphatic heterocycles. The van der Waals surface area contributed by atoms with Gasteiger partial charge in [-0.1, -0.05) is 57.2 Å². The molecule has 0 spiro atoms. The Balaban J connectivity index is 2.05. The topological polar surface area (TPSA) is 207 Å². The van der Waals surface area contributed by atoms with E-state index in [1.165, 1.54) is 24.1 Å². The number of nitrogens with one attached hydrogen (secondary N) is 3. The minimum atomic E-state index is -1.39. The number of nitrogens with zero attached hydrogens (tertiary/aromatic N) is 2. The molecule has 0 aliphatic carbocycles. The molecule has 1 unspecified atom stereocenters. The average Bonchev–Trinajstić information content (AvgIpc) is 3.11. The maximum atomic E-state index is 14.1. The smallest absolute Gasteiger partial charge is 0.325 e. The van der Waals surface area contributed by atoms with Crippen LogP contribution in [0.2, 0.25) is 0 Å². The minimum absolute atomic E-state index is 0.0101. The molecular formula is C38H55N5O9. The van der Waals surface area contributed by atoms with Crippen LogP contribution in [0.25, 0.3) is 0 Å². The largest absolute Gasteiger partial charge is 0.493 e. The van der Waals surface area contributed by atoms with Gasteiger partial charge in [0.25, 0.3) is 5.91 Å². The summed E-state index contributed by atoms with van der Waals surface area (Å²) >= 11 is 0. The number of Topliss-reactive ketones (excluding diaryl/α,β-unsaturated/α-hetero) is 1. The first-order valence-corrected chi connectivity index (χ1v) is 18.0. The van der Waals surface area contributed by atoms with E-state index in [9.17, 15) is 39.3 Å². The number of carbonyl (C=O) groups excluding carboxylic acids is 5. The van der Waals surface area contributed by atoms with Gasteiger partial charge in [-0.3, -0.25) is 24.2 Å². The lowest BCUT2D eigenvalue weighted by Crippen LogP contribution is -2.62. The molecule has 1 fully saturated rings. The van der Waals surface area contributed by atoms with Crippen molar-refractivity contribution >= 4 is 29.5 Å². The fourth-order valence-corrected chi connectivity index (χ4v) is 6.10. The summed E-state index contributed by atoms with van der Waals surface area (Å²) in [6, 6.07) is 1.28. The number of pyridine rings is 1. The number of hydrogen-bond acceptors (Lipinski definition) is 11. The Morgan fingerprint density at radius 3 is 2.48 bits per heavy atom. The molecule has 0 aromatic carbocycles. The highest BCUT2D eigenvalue weighted by molar-refractivity contribution is 5.93. The summed E-state index contributed by atoms with van der Waals surface area (Å²) in [6.45, 7) is 10.3. The monoisotopic (exact) mass is 725 g/mol. The van der Waals surface area contributed by atoms with Crippen LogP contribution in [0.3, 0.4) is 0 Å². The average molecular weight is 726 g/mol. The second-order valence-corrected chi connectivity index (χ2v) is 14.0. The Morgan fingerprint density at radius 2 is 1.83 bits per heavy atom. The summed E-state index contributed by atoms with van der Waals surface area (Å²) in [5, 5.41) is 39.1. The van der Waals surface area contributed by atoms with Crippen LogP contribution >= 0.6 is 0 Å². The van der Waals surface area contributed by atoms with E-state index in [1.54, 1.807) is 51.1 Å². The van der Waals surface area contributed by atoms with Gasteiger partial charge in [0.2, 0.25) is 17.7 Å². The third-order valence-corrected chi connectivity index (χ3v) is 9.56. The van der Waals surface area contributed by atoms with Crippen LogP contribution in [-0.2, 0) is 35.1 Å². The number of aromatic nitrogens is 1. The highest BCUT2D eigenvalue weighted by Gasteiger charge is 2.38. The molecular weight excluding hydrogens is 670 g/mol. The molecule has 8 atom stereocenters. The molecule has 3 rings (SSSR count). The third-order valence-electron chi connectivity index (χ3n) is 9.56. The Bertz CT molecular complexity index is 1510. The number of aromatic hydroxyl groups is 1. The molecule has 14 nitrogen and oxygen atoms in total. The van der Waals surface area contributed by atoms with Crippen molar-refractivity contribution in [1.82, 2.24) is 26.1 Å². The zero-order chi connectivity index (χ0) is 38.5. The fourth-order valence-electron chi connectivity index (χ4n) is 6.10. The first-order chi connectivity index (χ1) is 24.6. The van der Waals surface area contributed by atoms with Gasteiger partial charge in [0.1, 0.15) is 30.0 Å². The lowest BCUT2D eigenvalue weighted by molar-refractivity contribution is -0.156. The Hall–Kier alpha value is -4.40. The van der Waals surface area contributed by atoms with E-state index in [2.05, 4.69) is 21.0 Å². The van der Waals surface area contributed by atoms with Gasteiger partial charge >= 0.3 is 5.97 Å². The van der Waals surface area contributed by atoms with Crippen molar-refractivity contribution in [2.24, 2.45) is 17.8 Å². The maximum absolute atomic E-state index is 14.1. The van der Waals surface area contributed by atoms with Crippen molar-refractivity contribution < 1.29 is 44.0 Å². The zero-order valence-electron chi connectivity index (χ0n) is 31.0. The molecule has 2 aliphatic rings. The van der Waals surface area contributed by atoms with Gasteiger partial charge in [0.15, 0.2) is 0 Å². The number of fused-ring (bicyclic) bond motifs is 2. The van der Waals surface area contributed by atoms with E-state index < -0.39 is 77.9 Å². The van der Waals surface area contributed by atoms with E-state index in [0.717, 1.165) is 5.57 Å². The molecule has 1 saturated heterocycles. The highest BCUT2D eigenvalue weighted by atomic mass is 16.5. The second-order valence-electron chi connectivity index (χ2n) is 14.0. The molecule has 52 heavy (non-hydrogen) atoms.